The van der Waals surface area contributed by atoms with Crippen molar-refractivity contribution in [1.29, 1.82) is 0 Å². The van der Waals surface area contributed by atoms with E-state index >= 15 is 0 Å². The van der Waals surface area contributed by atoms with E-state index in [9.17, 15) is 4.79 Å². The van der Waals surface area contributed by atoms with Crippen molar-refractivity contribution in [3.05, 3.63) is 27.9 Å². The summed E-state index contributed by atoms with van der Waals surface area (Å²) in [5, 5.41) is 5.64. The largest absolute Gasteiger partial charge is 0.356 e. The summed E-state index contributed by atoms with van der Waals surface area (Å²) in [6.07, 6.45) is 7.01. The average molecular weight is 365 g/mol. The summed E-state index contributed by atoms with van der Waals surface area (Å²) in [5.74, 6) is 0.0178. The highest BCUT2D eigenvalue weighted by atomic mass is 79.9. The second-order valence-electron chi connectivity index (χ2n) is 6.15. The standard InChI is InChI=1S/C17H21BrN2O2/c1-11(10-21)7-13-12(2)8-15-14(17(13)18)9-19-20(15)16-5-3-4-6-22-16/h8-11,16H,3-7H2,1-2H3. The molecule has 1 fully saturated rings. The van der Waals surface area contributed by atoms with Gasteiger partial charge in [0.15, 0.2) is 6.23 Å². The molecule has 0 saturated carbocycles. The predicted molar refractivity (Wildman–Crippen MR) is 89.9 cm³/mol. The number of aromatic nitrogens is 2. The van der Waals surface area contributed by atoms with E-state index in [1.54, 1.807) is 0 Å². The number of carbonyl (C=O) groups is 1. The Morgan fingerprint density at radius 3 is 3.05 bits per heavy atom. The molecular weight excluding hydrogens is 344 g/mol. The van der Waals surface area contributed by atoms with Crippen molar-refractivity contribution in [1.82, 2.24) is 9.78 Å². The van der Waals surface area contributed by atoms with Gasteiger partial charge in [-0.15, -0.1) is 0 Å². The van der Waals surface area contributed by atoms with E-state index in [0.717, 1.165) is 47.5 Å². The molecule has 0 bridgehead atoms. The van der Waals surface area contributed by atoms with E-state index in [-0.39, 0.29) is 12.1 Å². The molecule has 118 valence electrons. The molecule has 5 heteroatoms. The summed E-state index contributed by atoms with van der Waals surface area (Å²) in [6.45, 7) is 4.85. The van der Waals surface area contributed by atoms with Crippen molar-refractivity contribution in [2.45, 2.75) is 45.8 Å². The fourth-order valence-electron chi connectivity index (χ4n) is 3.08. The molecule has 0 amide bonds. The Balaban J connectivity index is 2.04. The highest BCUT2D eigenvalue weighted by molar-refractivity contribution is 9.10. The molecule has 3 rings (SSSR count). The maximum Gasteiger partial charge on any atom is 0.150 e. The van der Waals surface area contributed by atoms with Crippen LogP contribution in [-0.4, -0.2) is 22.7 Å². The number of aryl methyl sites for hydroxylation is 1. The fourth-order valence-corrected chi connectivity index (χ4v) is 3.86. The molecule has 1 aliphatic rings. The van der Waals surface area contributed by atoms with E-state index in [2.05, 4.69) is 34.0 Å². The number of nitrogens with zero attached hydrogens (tertiary/aromatic N) is 2. The maximum absolute atomic E-state index is 11.0. The van der Waals surface area contributed by atoms with Gasteiger partial charge in [0, 0.05) is 22.4 Å². The van der Waals surface area contributed by atoms with Crippen molar-refractivity contribution < 1.29 is 9.53 Å². The van der Waals surface area contributed by atoms with Crippen LogP contribution in [0, 0.1) is 12.8 Å². The second kappa shape index (κ2) is 6.50. The quantitative estimate of drug-likeness (QED) is 0.764. The van der Waals surface area contributed by atoms with Gasteiger partial charge in [-0.05, 0) is 65.7 Å². The van der Waals surface area contributed by atoms with Crippen LogP contribution in [0.3, 0.4) is 0 Å². The first-order valence-corrected chi connectivity index (χ1v) is 8.63. The van der Waals surface area contributed by atoms with Gasteiger partial charge in [-0.3, -0.25) is 0 Å². The summed E-state index contributed by atoms with van der Waals surface area (Å²) < 4.78 is 8.91. The predicted octanol–water partition coefficient (Wildman–Crippen LogP) is 4.18. The number of aldehydes is 1. The summed E-state index contributed by atoms with van der Waals surface area (Å²) >= 11 is 3.72. The molecule has 1 saturated heterocycles. The summed E-state index contributed by atoms with van der Waals surface area (Å²) in [5.41, 5.74) is 3.47. The molecule has 0 N–H and O–H groups in total. The van der Waals surface area contributed by atoms with Crippen molar-refractivity contribution in [3.63, 3.8) is 0 Å². The van der Waals surface area contributed by atoms with Crippen LogP contribution in [0.25, 0.3) is 10.9 Å². The lowest BCUT2D eigenvalue weighted by Gasteiger charge is -2.23. The summed E-state index contributed by atoms with van der Waals surface area (Å²) in [4.78, 5) is 11.0. The molecule has 4 nitrogen and oxygen atoms in total. The maximum atomic E-state index is 11.0. The molecule has 2 unspecified atom stereocenters. The number of benzene rings is 1. The van der Waals surface area contributed by atoms with Gasteiger partial charge in [0.05, 0.1) is 11.7 Å². The Hall–Kier alpha value is -1.20. The van der Waals surface area contributed by atoms with Crippen LogP contribution in [-0.2, 0) is 16.0 Å². The van der Waals surface area contributed by atoms with Gasteiger partial charge < -0.3 is 9.53 Å². The van der Waals surface area contributed by atoms with Gasteiger partial charge in [0.2, 0.25) is 0 Å². The molecule has 0 radical (unpaired) electrons. The minimum atomic E-state index is 0.0178. The lowest BCUT2D eigenvalue weighted by atomic mass is 9.97. The minimum Gasteiger partial charge on any atom is -0.356 e. The second-order valence-corrected chi connectivity index (χ2v) is 6.94. The number of hydrogen-bond donors (Lipinski definition) is 0. The minimum absolute atomic E-state index is 0.0178. The Morgan fingerprint density at radius 2 is 2.36 bits per heavy atom. The van der Waals surface area contributed by atoms with Crippen LogP contribution < -0.4 is 0 Å². The van der Waals surface area contributed by atoms with E-state index < -0.39 is 0 Å². The van der Waals surface area contributed by atoms with Crippen molar-refractivity contribution in [2.75, 3.05) is 6.61 Å². The van der Waals surface area contributed by atoms with Crippen LogP contribution in [0.15, 0.2) is 16.7 Å². The van der Waals surface area contributed by atoms with E-state index in [1.807, 2.05) is 17.8 Å². The normalized spacial score (nSPS) is 20.2. The highest BCUT2D eigenvalue weighted by Crippen LogP contribution is 2.34. The number of rotatable bonds is 4. The van der Waals surface area contributed by atoms with Gasteiger partial charge in [-0.1, -0.05) is 6.92 Å². The summed E-state index contributed by atoms with van der Waals surface area (Å²) in [7, 11) is 0. The third-order valence-corrected chi connectivity index (χ3v) is 5.26. The van der Waals surface area contributed by atoms with Crippen molar-refractivity contribution in [2.24, 2.45) is 5.92 Å². The molecule has 0 aliphatic carbocycles. The lowest BCUT2D eigenvalue weighted by molar-refractivity contribution is -0.110. The van der Waals surface area contributed by atoms with Gasteiger partial charge in [-0.2, -0.15) is 5.10 Å². The fraction of sp³-hybridized carbons (Fsp3) is 0.529. The molecule has 2 aromatic rings. The Kier molecular flexibility index (Phi) is 4.64. The topological polar surface area (TPSA) is 44.1 Å². The van der Waals surface area contributed by atoms with Crippen LogP contribution >= 0.6 is 15.9 Å². The third-order valence-electron chi connectivity index (χ3n) is 4.35. The van der Waals surface area contributed by atoms with Crippen LogP contribution in [0.5, 0.6) is 0 Å². The van der Waals surface area contributed by atoms with Gasteiger partial charge >= 0.3 is 0 Å². The molecule has 0 spiro atoms. The number of hydrogen-bond acceptors (Lipinski definition) is 3. The Bertz CT molecular complexity index is 690. The monoisotopic (exact) mass is 364 g/mol. The first-order chi connectivity index (χ1) is 10.6. The number of halogens is 1. The van der Waals surface area contributed by atoms with Gasteiger partial charge in [-0.25, -0.2) is 4.68 Å². The zero-order chi connectivity index (χ0) is 15.7. The Morgan fingerprint density at radius 1 is 1.55 bits per heavy atom. The lowest BCUT2D eigenvalue weighted by Crippen LogP contribution is -2.19. The molecule has 1 aliphatic heterocycles. The van der Waals surface area contributed by atoms with Gasteiger partial charge in [0.1, 0.15) is 6.29 Å². The zero-order valence-corrected chi connectivity index (χ0v) is 14.6. The molecule has 2 atom stereocenters. The summed E-state index contributed by atoms with van der Waals surface area (Å²) in [6, 6.07) is 2.16. The van der Waals surface area contributed by atoms with Gasteiger partial charge in [0.25, 0.3) is 0 Å². The van der Waals surface area contributed by atoms with Crippen LogP contribution in [0.2, 0.25) is 0 Å². The molecule has 1 aromatic carbocycles. The molecule has 1 aromatic heterocycles. The number of carbonyl (C=O) groups excluding carboxylic acids is 1. The molecular formula is C17H21BrN2O2. The zero-order valence-electron chi connectivity index (χ0n) is 13.0. The van der Waals surface area contributed by atoms with E-state index in [0.29, 0.717) is 0 Å². The first kappa shape index (κ1) is 15.7. The van der Waals surface area contributed by atoms with Crippen molar-refractivity contribution >= 4 is 33.1 Å². The van der Waals surface area contributed by atoms with E-state index in [1.165, 1.54) is 17.5 Å². The van der Waals surface area contributed by atoms with Crippen LogP contribution in [0.4, 0.5) is 0 Å². The molecule has 22 heavy (non-hydrogen) atoms. The number of ether oxygens (including phenoxy) is 1. The third kappa shape index (κ3) is 2.84. The van der Waals surface area contributed by atoms with Crippen molar-refractivity contribution in [3.8, 4) is 0 Å². The highest BCUT2D eigenvalue weighted by Gasteiger charge is 2.21. The van der Waals surface area contributed by atoms with Crippen LogP contribution in [0.1, 0.15) is 43.5 Å². The number of fused-ring (bicyclic) bond motifs is 1. The first-order valence-electron chi connectivity index (χ1n) is 7.84. The van der Waals surface area contributed by atoms with E-state index in [4.69, 9.17) is 4.74 Å². The SMILES string of the molecule is Cc1cc2c(cnn2C2CCCCO2)c(Br)c1CC(C)C=O. The average Bonchev–Trinajstić information content (AvgIpc) is 2.95. The molecule has 2 heterocycles. The smallest absolute Gasteiger partial charge is 0.150 e. The Labute approximate surface area is 139 Å².